The molecular formula is C20H10BrF3N4O2S. The van der Waals surface area contributed by atoms with Crippen LogP contribution in [0, 0.1) is 29.3 Å². The van der Waals surface area contributed by atoms with E-state index in [9.17, 15) is 21.6 Å². The molecule has 0 unspecified atom stereocenters. The number of aromatic amines is 1. The van der Waals surface area contributed by atoms with Crippen LogP contribution in [0.25, 0.3) is 11.0 Å². The molecule has 0 aliphatic carbocycles. The topological polar surface area (TPSA) is 87.7 Å². The third-order valence-electron chi connectivity index (χ3n) is 4.16. The normalized spacial score (nSPS) is 11.2. The molecule has 4 rings (SSSR count). The van der Waals surface area contributed by atoms with Crippen molar-refractivity contribution in [3.63, 3.8) is 0 Å². The second-order valence-electron chi connectivity index (χ2n) is 6.25. The molecule has 6 nitrogen and oxygen atoms in total. The first-order valence-electron chi connectivity index (χ1n) is 8.51. The van der Waals surface area contributed by atoms with Crippen LogP contribution < -0.4 is 4.72 Å². The zero-order valence-electron chi connectivity index (χ0n) is 15.2. The predicted molar refractivity (Wildman–Crippen MR) is 111 cm³/mol. The van der Waals surface area contributed by atoms with Gasteiger partial charge in [0.15, 0.2) is 11.5 Å². The highest BCUT2D eigenvalue weighted by molar-refractivity contribution is 9.10. The van der Waals surface area contributed by atoms with E-state index in [4.69, 9.17) is 0 Å². The predicted octanol–water partition coefficient (Wildman–Crippen LogP) is 4.34. The van der Waals surface area contributed by atoms with Crippen molar-refractivity contribution in [2.75, 3.05) is 4.72 Å². The number of sulfonamides is 1. The molecule has 2 heterocycles. The molecule has 0 bridgehead atoms. The van der Waals surface area contributed by atoms with Crippen LogP contribution in [0.3, 0.4) is 0 Å². The van der Waals surface area contributed by atoms with E-state index in [-0.39, 0.29) is 4.47 Å². The van der Waals surface area contributed by atoms with Gasteiger partial charge in [-0.2, -0.15) is 5.10 Å². The third-order valence-corrected chi connectivity index (χ3v) is 6.17. The smallest absolute Gasteiger partial charge is 0.262 e. The van der Waals surface area contributed by atoms with Gasteiger partial charge < -0.3 is 0 Å². The van der Waals surface area contributed by atoms with E-state index < -0.39 is 43.6 Å². The summed E-state index contributed by atoms with van der Waals surface area (Å²) >= 11 is 2.92. The summed E-state index contributed by atoms with van der Waals surface area (Å²) in [7, 11) is -4.33. The molecule has 156 valence electrons. The van der Waals surface area contributed by atoms with Gasteiger partial charge >= 0.3 is 0 Å². The molecule has 0 fully saturated rings. The Hall–Kier alpha value is -3.36. The molecule has 0 radical (unpaired) electrons. The lowest BCUT2D eigenvalue weighted by Gasteiger charge is -2.10. The van der Waals surface area contributed by atoms with E-state index in [0.717, 1.165) is 24.3 Å². The van der Waals surface area contributed by atoms with Crippen molar-refractivity contribution in [2.24, 2.45) is 0 Å². The Kier molecular flexibility index (Phi) is 5.43. The molecule has 31 heavy (non-hydrogen) atoms. The van der Waals surface area contributed by atoms with Gasteiger partial charge in [0.25, 0.3) is 10.0 Å². The quantitative estimate of drug-likeness (QED) is 0.404. The fourth-order valence-corrected chi connectivity index (χ4v) is 3.95. The largest absolute Gasteiger partial charge is 0.277 e. The van der Waals surface area contributed by atoms with Crippen molar-refractivity contribution in [3.05, 3.63) is 81.8 Å². The van der Waals surface area contributed by atoms with Gasteiger partial charge in [-0.25, -0.2) is 26.6 Å². The second kappa shape index (κ2) is 8.05. The van der Waals surface area contributed by atoms with E-state index in [2.05, 4.69) is 43.0 Å². The maximum absolute atomic E-state index is 14.8. The highest BCUT2D eigenvalue weighted by Crippen LogP contribution is 2.25. The maximum Gasteiger partial charge on any atom is 0.262 e. The maximum atomic E-state index is 14.8. The van der Waals surface area contributed by atoms with Gasteiger partial charge in [0, 0.05) is 17.1 Å². The van der Waals surface area contributed by atoms with E-state index in [1.165, 1.54) is 18.5 Å². The molecule has 0 aliphatic heterocycles. The number of anilines is 1. The second-order valence-corrected chi connectivity index (χ2v) is 8.78. The van der Waals surface area contributed by atoms with Crippen molar-refractivity contribution >= 4 is 42.7 Å². The SMILES string of the molecule is O=S(=O)(Nc1ccc(F)c(C#Cc2cnc3[nH]ncc3c2)c1F)c1ccc(Br)c(F)c1. The minimum absolute atomic E-state index is 0.0695. The van der Waals surface area contributed by atoms with Gasteiger partial charge in [-0.05, 0) is 52.3 Å². The molecule has 0 atom stereocenters. The fraction of sp³-hybridized carbons (Fsp3) is 0. The van der Waals surface area contributed by atoms with Crippen LogP contribution in [-0.4, -0.2) is 23.6 Å². The standard InChI is InChI=1S/C20H10BrF3N4O2S/c21-15-4-2-13(8-17(15)23)31(29,30)28-18-6-5-16(22)14(19(18)24)3-1-11-7-12-10-26-27-20(12)25-9-11/h2,4-10,28H,(H,25,26,27). The first-order chi connectivity index (χ1) is 14.7. The average Bonchev–Trinajstić information content (AvgIpc) is 3.20. The van der Waals surface area contributed by atoms with Crippen LogP contribution in [0.15, 0.2) is 58.2 Å². The molecule has 0 saturated carbocycles. The number of pyridine rings is 1. The van der Waals surface area contributed by atoms with Crippen LogP contribution in [-0.2, 0) is 10.0 Å². The molecule has 2 aromatic carbocycles. The molecule has 2 aromatic heterocycles. The summed E-state index contributed by atoms with van der Waals surface area (Å²) < 4.78 is 69.8. The summed E-state index contributed by atoms with van der Waals surface area (Å²) in [6, 6.07) is 6.53. The van der Waals surface area contributed by atoms with Crippen LogP contribution in [0.4, 0.5) is 18.9 Å². The summed E-state index contributed by atoms with van der Waals surface area (Å²) in [4.78, 5) is 3.65. The molecule has 0 spiro atoms. The molecule has 0 amide bonds. The number of benzene rings is 2. The molecule has 0 aliphatic rings. The lowest BCUT2D eigenvalue weighted by molar-refractivity contribution is 0.577. The first kappa shape index (κ1) is 20.9. The Morgan fingerprint density at radius 2 is 1.81 bits per heavy atom. The Balaban J connectivity index is 1.68. The van der Waals surface area contributed by atoms with E-state index >= 15 is 0 Å². The van der Waals surface area contributed by atoms with Crippen LogP contribution >= 0.6 is 15.9 Å². The van der Waals surface area contributed by atoms with Crippen molar-refractivity contribution in [1.29, 1.82) is 0 Å². The van der Waals surface area contributed by atoms with Crippen molar-refractivity contribution in [3.8, 4) is 11.8 Å². The Morgan fingerprint density at radius 3 is 2.58 bits per heavy atom. The number of hydrogen-bond acceptors (Lipinski definition) is 4. The number of H-pyrrole nitrogens is 1. The van der Waals surface area contributed by atoms with E-state index in [1.807, 2.05) is 4.72 Å². The summed E-state index contributed by atoms with van der Waals surface area (Å²) in [5, 5.41) is 7.15. The number of nitrogens with one attached hydrogen (secondary N) is 2. The van der Waals surface area contributed by atoms with Crippen LogP contribution in [0.5, 0.6) is 0 Å². The zero-order valence-corrected chi connectivity index (χ0v) is 17.7. The van der Waals surface area contributed by atoms with E-state index in [1.54, 1.807) is 6.07 Å². The third kappa shape index (κ3) is 4.26. The first-order valence-corrected chi connectivity index (χ1v) is 10.8. The van der Waals surface area contributed by atoms with Gasteiger partial charge in [-0.1, -0.05) is 11.8 Å². The number of aromatic nitrogens is 3. The minimum atomic E-state index is -4.33. The molecule has 0 saturated heterocycles. The van der Waals surface area contributed by atoms with Crippen LogP contribution in [0.1, 0.15) is 11.1 Å². The molecule has 4 aromatic rings. The lowest BCUT2D eigenvalue weighted by atomic mass is 10.1. The monoisotopic (exact) mass is 506 g/mol. The summed E-state index contributed by atoms with van der Waals surface area (Å²) in [5.41, 5.74) is -0.250. The van der Waals surface area contributed by atoms with E-state index in [0.29, 0.717) is 16.6 Å². The van der Waals surface area contributed by atoms with Gasteiger partial charge in [0.1, 0.15) is 11.6 Å². The number of halogens is 4. The van der Waals surface area contributed by atoms with Gasteiger partial charge in [-0.15, -0.1) is 0 Å². The highest BCUT2D eigenvalue weighted by Gasteiger charge is 2.20. The van der Waals surface area contributed by atoms with Gasteiger partial charge in [0.2, 0.25) is 0 Å². The number of nitrogens with zero attached hydrogens (tertiary/aromatic N) is 2. The molecule has 2 N–H and O–H groups in total. The average molecular weight is 507 g/mol. The van der Waals surface area contributed by atoms with Crippen molar-refractivity contribution < 1.29 is 21.6 Å². The number of rotatable bonds is 3. The van der Waals surface area contributed by atoms with Crippen LogP contribution in [0.2, 0.25) is 0 Å². The number of hydrogen-bond donors (Lipinski definition) is 2. The Bertz CT molecular complexity index is 1490. The van der Waals surface area contributed by atoms with Crippen molar-refractivity contribution in [1.82, 2.24) is 15.2 Å². The summed E-state index contributed by atoms with van der Waals surface area (Å²) in [5.74, 6) is 1.98. The summed E-state index contributed by atoms with van der Waals surface area (Å²) in [6.07, 6.45) is 2.92. The van der Waals surface area contributed by atoms with Gasteiger partial charge in [-0.3, -0.25) is 9.82 Å². The zero-order chi connectivity index (χ0) is 22.2. The highest BCUT2D eigenvalue weighted by atomic mass is 79.9. The molecular weight excluding hydrogens is 497 g/mol. The Labute approximate surface area is 182 Å². The minimum Gasteiger partial charge on any atom is -0.277 e. The van der Waals surface area contributed by atoms with Gasteiger partial charge in [0.05, 0.1) is 26.8 Å². The summed E-state index contributed by atoms with van der Waals surface area (Å²) in [6.45, 7) is 0. The number of fused-ring (bicyclic) bond motifs is 1. The van der Waals surface area contributed by atoms with Crippen molar-refractivity contribution in [2.45, 2.75) is 4.90 Å². The molecule has 11 heteroatoms. The Morgan fingerprint density at radius 1 is 1.00 bits per heavy atom. The lowest BCUT2D eigenvalue weighted by Crippen LogP contribution is -2.15. The fourth-order valence-electron chi connectivity index (χ4n) is 2.63.